The molecule has 1 amide bonds. The Hall–Kier alpha value is -1.73. The fourth-order valence-corrected chi connectivity index (χ4v) is 1.40. The maximum Gasteiger partial charge on any atom is 0.387 e. The number of rotatable bonds is 7. The van der Waals surface area contributed by atoms with Crippen LogP contribution in [0, 0.1) is 0 Å². The van der Waals surface area contributed by atoms with E-state index in [1.807, 2.05) is 0 Å². The van der Waals surface area contributed by atoms with E-state index in [0.29, 0.717) is 5.56 Å². The molecule has 1 aromatic rings. The SMILES string of the molecule is O=C(Cc1ccc(OC(F)F)cc1)NC(CO)CO. The third-order valence-electron chi connectivity index (χ3n) is 2.32. The highest BCUT2D eigenvalue weighted by Gasteiger charge is 2.11. The van der Waals surface area contributed by atoms with E-state index in [9.17, 15) is 13.6 Å². The van der Waals surface area contributed by atoms with Crippen molar-refractivity contribution in [1.82, 2.24) is 5.32 Å². The molecule has 0 heterocycles. The molecule has 0 atom stereocenters. The monoisotopic (exact) mass is 275 g/mol. The molecule has 1 aromatic carbocycles. The van der Waals surface area contributed by atoms with Crippen LogP contribution in [0.5, 0.6) is 5.75 Å². The fourth-order valence-electron chi connectivity index (χ4n) is 1.40. The maximum absolute atomic E-state index is 11.9. The Bertz CT molecular complexity index is 393. The number of nitrogens with one attached hydrogen (secondary N) is 1. The molecule has 1 rings (SSSR count). The third-order valence-corrected chi connectivity index (χ3v) is 2.32. The summed E-state index contributed by atoms with van der Waals surface area (Å²) in [6.45, 7) is -3.60. The zero-order valence-electron chi connectivity index (χ0n) is 10.1. The molecule has 106 valence electrons. The van der Waals surface area contributed by atoms with Gasteiger partial charge in [0, 0.05) is 0 Å². The van der Waals surface area contributed by atoms with Gasteiger partial charge in [0.25, 0.3) is 0 Å². The minimum Gasteiger partial charge on any atom is -0.435 e. The summed E-state index contributed by atoms with van der Waals surface area (Å²) < 4.78 is 28.0. The van der Waals surface area contributed by atoms with Gasteiger partial charge < -0.3 is 20.3 Å². The van der Waals surface area contributed by atoms with Crippen molar-refractivity contribution in [2.45, 2.75) is 19.1 Å². The van der Waals surface area contributed by atoms with Gasteiger partial charge in [-0.05, 0) is 17.7 Å². The van der Waals surface area contributed by atoms with Crippen molar-refractivity contribution < 1.29 is 28.5 Å². The molecule has 0 fully saturated rings. The molecule has 0 saturated heterocycles. The van der Waals surface area contributed by atoms with E-state index in [1.165, 1.54) is 24.3 Å². The van der Waals surface area contributed by atoms with Gasteiger partial charge in [-0.1, -0.05) is 12.1 Å². The molecular weight excluding hydrogens is 260 g/mol. The van der Waals surface area contributed by atoms with Crippen molar-refractivity contribution in [3.63, 3.8) is 0 Å². The lowest BCUT2D eigenvalue weighted by molar-refractivity contribution is -0.121. The molecule has 0 saturated carbocycles. The Labute approximate surface area is 108 Å². The summed E-state index contributed by atoms with van der Waals surface area (Å²) in [6.07, 6.45) is 0.0193. The molecule has 0 aliphatic rings. The quantitative estimate of drug-likeness (QED) is 0.669. The molecule has 3 N–H and O–H groups in total. The van der Waals surface area contributed by atoms with E-state index in [1.54, 1.807) is 0 Å². The van der Waals surface area contributed by atoms with Crippen molar-refractivity contribution in [2.75, 3.05) is 13.2 Å². The molecule has 0 aliphatic carbocycles. The normalized spacial score (nSPS) is 10.8. The molecule has 0 unspecified atom stereocenters. The van der Waals surface area contributed by atoms with Gasteiger partial charge in [0.1, 0.15) is 5.75 Å². The van der Waals surface area contributed by atoms with Gasteiger partial charge in [-0.25, -0.2) is 0 Å². The van der Waals surface area contributed by atoms with Gasteiger partial charge in [0.2, 0.25) is 5.91 Å². The highest BCUT2D eigenvalue weighted by atomic mass is 19.3. The van der Waals surface area contributed by atoms with Crippen molar-refractivity contribution in [2.24, 2.45) is 0 Å². The number of aliphatic hydroxyl groups excluding tert-OH is 2. The Kier molecular flexibility index (Phi) is 6.17. The topological polar surface area (TPSA) is 78.8 Å². The van der Waals surface area contributed by atoms with Crippen LogP contribution in [0.15, 0.2) is 24.3 Å². The van der Waals surface area contributed by atoms with Gasteiger partial charge in [0.15, 0.2) is 0 Å². The van der Waals surface area contributed by atoms with Crippen LogP contribution >= 0.6 is 0 Å². The van der Waals surface area contributed by atoms with E-state index < -0.39 is 12.7 Å². The third kappa shape index (κ3) is 5.62. The fraction of sp³-hybridized carbons (Fsp3) is 0.417. The number of aliphatic hydroxyl groups is 2. The minimum absolute atomic E-state index is 0.0164. The van der Waals surface area contributed by atoms with Crippen LogP contribution in [0.1, 0.15) is 5.56 Å². The molecule has 0 spiro atoms. The number of halogens is 2. The summed E-state index contributed by atoms with van der Waals surface area (Å²) in [5.41, 5.74) is 0.605. The van der Waals surface area contributed by atoms with Gasteiger partial charge >= 0.3 is 6.61 Å². The lowest BCUT2D eigenvalue weighted by Crippen LogP contribution is -2.40. The summed E-state index contributed by atoms with van der Waals surface area (Å²) in [5, 5.41) is 20.0. The largest absolute Gasteiger partial charge is 0.435 e. The van der Waals surface area contributed by atoms with E-state index in [2.05, 4.69) is 10.1 Å². The summed E-state index contributed by atoms with van der Waals surface area (Å²) in [6, 6.07) is 4.96. The van der Waals surface area contributed by atoms with Crippen molar-refractivity contribution in [3.05, 3.63) is 29.8 Å². The number of hydrogen-bond donors (Lipinski definition) is 3. The number of carbonyl (C=O) groups excluding carboxylic acids is 1. The zero-order valence-corrected chi connectivity index (χ0v) is 10.1. The maximum atomic E-state index is 11.9. The molecule has 0 bridgehead atoms. The molecule has 0 aliphatic heterocycles. The second-order valence-electron chi connectivity index (χ2n) is 3.83. The summed E-state index contributed by atoms with van der Waals surface area (Å²) in [7, 11) is 0. The van der Waals surface area contributed by atoms with Gasteiger partial charge in [0.05, 0.1) is 25.7 Å². The lowest BCUT2D eigenvalue weighted by atomic mass is 10.1. The average Bonchev–Trinajstić information content (AvgIpc) is 2.37. The predicted molar refractivity (Wildman–Crippen MR) is 62.9 cm³/mol. The average molecular weight is 275 g/mol. The number of ether oxygens (including phenoxy) is 1. The first kappa shape index (κ1) is 15.3. The highest BCUT2D eigenvalue weighted by molar-refractivity contribution is 5.78. The van der Waals surface area contributed by atoms with Crippen molar-refractivity contribution >= 4 is 5.91 Å². The van der Waals surface area contributed by atoms with E-state index >= 15 is 0 Å². The predicted octanol–water partition coefficient (Wildman–Crippen LogP) is 0.300. The number of carbonyl (C=O) groups is 1. The second-order valence-corrected chi connectivity index (χ2v) is 3.83. The molecular formula is C12H15F2NO4. The smallest absolute Gasteiger partial charge is 0.387 e. The molecule has 19 heavy (non-hydrogen) atoms. The summed E-state index contributed by atoms with van der Waals surface area (Å²) >= 11 is 0. The van der Waals surface area contributed by atoms with E-state index in [-0.39, 0.29) is 31.3 Å². The van der Waals surface area contributed by atoms with Crippen LogP contribution in [0.4, 0.5) is 8.78 Å². The van der Waals surface area contributed by atoms with Crippen molar-refractivity contribution in [1.29, 1.82) is 0 Å². The van der Waals surface area contributed by atoms with Crippen molar-refractivity contribution in [3.8, 4) is 5.75 Å². The number of benzene rings is 1. The Balaban J connectivity index is 2.50. The van der Waals surface area contributed by atoms with Gasteiger partial charge in [-0.3, -0.25) is 4.79 Å². The zero-order chi connectivity index (χ0) is 14.3. The minimum atomic E-state index is -2.89. The molecule has 0 aromatic heterocycles. The lowest BCUT2D eigenvalue weighted by Gasteiger charge is -2.13. The molecule has 0 radical (unpaired) electrons. The standard InChI is InChI=1S/C12H15F2NO4/c13-12(14)19-10-3-1-8(2-4-10)5-11(18)15-9(6-16)7-17/h1-4,9,12,16-17H,5-7H2,(H,15,18). The van der Waals surface area contributed by atoms with E-state index in [0.717, 1.165) is 0 Å². The number of amides is 1. The first-order chi connectivity index (χ1) is 9.05. The number of alkyl halides is 2. The van der Waals surface area contributed by atoms with Gasteiger partial charge in [-0.15, -0.1) is 0 Å². The van der Waals surface area contributed by atoms with Crippen LogP contribution in [0.25, 0.3) is 0 Å². The van der Waals surface area contributed by atoms with Crippen LogP contribution in [-0.2, 0) is 11.2 Å². The van der Waals surface area contributed by atoms with Crippen LogP contribution in [-0.4, -0.2) is 42.0 Å². The first-order valence-electron chi connectivity index (χ1n) is 5.60. The summed E-state index contributed by atoms with van der Waals surface area (Å²) in [5.74, 6) is -0.363. The number of hydrogen-bond acceptors (Lipinski definition) is 4. The van der Waals surface area contributed by atoms with E-state index in [4.69, 9.17) is 10.2 Å². The molecule has 7 heteroatoms. The summed E-state index contributed by atoms with van der Waals surface area (Å²) in [4.78, 5) is 11.5. The Morgan fingerprint density at radius 3 is 2.26 bits per heavy atom. The van der Waals surface area contributed by atoms with Crippen LogP contribution in [0.3, 0.4) is 0 Å². The van der Waals surface area contributed by atoms with Crippen LogP contribution < -0.4 is 10.1 Å². The Morgan fingerprint density at radius 1 is 1.21 bits per heavy atom. The van der Waals surface area contributed by atoms with Gasteiger partial charge in [-0.2, -0.15) is 8.78 Å². The first-order valence-corrected chi connectivity index (χ1v) is 5.60. The van der Waals surface area contributed by atoms with Crippen LogP contribution in [0.2, 0.25) is 0 Å². The molecule has 5 nitrogen and oxygen atoms in total. The second kappa shape index (κ2) is 7.65. The highest BCUT2D eigenvalue weighted by Crippen LogP contribution is 2.15. The Morgan fingerprint density at radius 2 is 1.79 bits per heavy atom.